The van der Waals surface area contributed by atoms with E-state index < -0.39 is 23.7 Å². The van der Waals surface area contributed by atoms with E-state index in [2.05, 4.69) is 11.9 Å². The summed E-state index contributed by atoms with van der Waals surface area (Å²) in [5, 5.41) is 2.48. The summed E-state index contributed by atoms with van der Waals surface area (Å²) in [5.74, 6) is -0.532. The lowest BCUT2D eigenvalue weighted by Gasteiger charge is -2.53. The number of esters is 1. The van der Waals surface area contributed by atoms with Crippen molar-refractivity contribution in [2.24, 2.45) is 0 Å². The highest BCUT2D eigenvalue weighted by Crippen LogP contribution is 2.40. The van der Waals surface area contributed by atoms with E-state index in [9.17, 15) is 14.4 Å². The van der Waals surface area contributed by atoms with Gasteiger partial charge >= 0.3 is 5.97 Å². The molecule has 1 aromatic rings. The van der Waals surface area contributed by atoms with Crippen LogP contribution >= 0.6 is 11.8 Å². The number of hydrogen-bond donors (Lipinski definition) is 1. The molecule has 2 amide bonds. The number of rotatable bonds is 3. The van der Waals surface area contributed by atoms with Gasteiger partial charge in [0, 0.05) is 11.3 Å². The Morgan fingerprint density at radius 1 is 1.27 bits per heavy atom. The Morgan fingerprint density at radius 3 is 2.54 bits per heavy atom. The lowest BCUT2D eigenvalue weighted by molar-refractivity contribution is -0.169. The second-order valence-corrected chi connectivity index (χ2v) is 8.46. The average Bonchev–Trinajstić information content (AvgIpc) is 2.58. The summed E-state index contributed by atoms with van der Waals surface area (Å²) in [6, 6.07) is 7.29. The average molecular weight is 374 g/mol. The predicted octanol–water partition coefficient (Wildman–Crippen LogP) is 1.97. The number of β-lactam (4-membered cyclic amide) rings is 1. The number of hydrogen-bond acceptors (Lipinski definition) is 5. The van der Waals surface area contributed by atoms with Gasteiger partial charge in [-0.15, -0.1) is 11.8 Å². The monoisotopic (exact) mass is 374 g/mol. The van der Waals surface area contributed by atoms with Gasteiger partial charge in [0.05, 0.1) is 0 Å². The summed E-state index contributed by atoms with van der Waals surface area (Å²) in [6.45, 7) is 9.27. The Kier molecular flexibility index (Phi) is 4.84. The number of nitrogens with zero attached hydrogens (tertiary/aromatic N) is 1. The second kappa shape index (κ2) is 6.79. The Hall–Kier alpha value is -2.28. The van der Waals surface area contributed by atoms with Crippen molar-refractivity contribution < 1.29 is 19.1 Å². The first-order valence-corrected chi connectivity index (χ1v) is 9.44. The Bertz CT molecular complexity index is 757. The van der Waals surface area contributed by atoms with E-state index in [1.165, 1.54) is 16.7 Å². The van der Waals surface area contributed by atoms with Gasteiger partial charge in [-0.3, -0.25) is 9.59 Å². The summed E-state index contributed by atoms with van der Waals surface area (Å²) >= 11 is 1.49. The third-order valence-corrected chi connectivity index (χ3v) is 5.52. The van der Waals surface area contributed by atoms with Gasteiger partial charge in [0.15, 0.2) is 6.04 Å². The zero-order valence-corrected chi connectivity index (χ0v) is 15.8. The number of fused-ring (bicyclic) bond motifs is 1. The third-order valence-electron chi connectivity index (χ3n) is 4.14. The molecule has 7 heteroatoms. The maximum atomic E-state index is 12.6. The number of carbonyl (C=O) groups excluding carboxylic acids is 3. The molecule has 2 aliphatic heterocycles. The van der Waals surface area contributed by atoms with Crippen LogP contribution in [0.2, 0.25) is 0 Å². The molecule has 2 heterocycles. The van der Waals surface area contributed by atoms with Crippen molar-refractivity contribution in [2.75, 3.05) is 5.75 Å². The molecule has 0 radical (unpaired) electrons. The molecule has 2 aliphatic rings. The van der Waals surface area contributed by atoms with Crippen LogP contribution in [-0.2, 0) is 14.3 Å². The van der Waals surface area contributed by atoms with Gasteiger partial charge in [-0.05, 0) is 38.5 Å². The molecule has 0 aromatic heterocycles. The molecule has 0 aliphatic carbocycles. The minimum Gasteiger partial charge on any atom is -0.458 e. The molecule has 0 spiro atoms. The lowest BCUT2D eigenvalue weighted by Crippen LogP contribution is -2.74. The van der Waals surface area contributed by atoms with E-state index in [1.54, 1.807) is 45.0 Å². The van der Waals surface area contributed by atoms with Crippen LogP contribution in [0.4, 0.5) is 0 Å². The van der Waals surface area contributed by atoms with Gasteiger partial charge in [0.25, 0.3) is 5.91 Å². The highest BCUT2D eigenvalue weighted by Gasteiger charge is 2.56. The molecule has 3 atom stereocenters. The molecule has 1 aromatic carbocycles. The molecule has 1 N–H and O–H groups in total. The highest BCUT2D eigenvalue weighted by atomic mass is 32.2. The largest absolute Gasteiger partial charge is 0.458 e. The molecular formula is C19H22N2O4S. The zero-order valence-electron chi connectivity index (χ0n) is 15.0. The normalized spacial score (nSPS) is 25.2. The van der Waals surface area contributed by atoms with E-state index in [0.717, 1.165) is 0 Å². The van der Waals surface area contributed by atoms with E-state index in [1.807, 2.05) is 6.07 Å². The van der Waals surface area contributed by atoms with Crippen LogP contribution in [-0.4, -0.2) is 51.5 Å². The fourth-order valence-electron chi connectivity index (χ4n) is 2.99. The standard InChI is InChI=1S/C19H22N2O4S/c1-11-10-26-17-13(20-15(22)12-8-6-5-7-9-12)16(23)21(17)14(11)18(24)25-19(2,3)4/h5-9,13-14,17H,1,10H2,2-4H3,(H,20,22)/t13-,14?,17+/m1/s1. The minimum atomic E-state index is -0.794. The van der Waals surface area contributed by atoms with Crippen molar-refractivity contribution in [3.8, 4) is 0 Å². The maximum absolute atomic E-state index is 12.6. The molecule has 0 bridgehead atoms. The van der Waals surface area contributed by atoms with Crippen LogP contribution in [0, 0.1) is 0 Å². The molecule has 0 saturated carbocycles. The predicted molar refractivity (Wildman–Crippen MR) is 99.6 cm³/mol. The number of ether oxygens (including phenoxy) is 1. The number of nitrogens with one attached hydrogen (secondary N) is 1. The smallest absolute Gasteiger partial charge is 0.333 e. The first kappa shape index (κ1) is 18.5. The third kappa shape index (κ3) is 3.49. The number of thioether (sulfide) groups is 1. The Labute approximate surface area is 157 Å². The van der Waals surface area contributed by atoms with E-state index in [0.29, 0.717) is 16.9 Å². The quantitative estimate of drug-likeness (QED) is 0.497. The van der Waals surface area contributed by atoms with Crippen LogP contribution in [0.3, 0.4) is 0 Å². The first-order chi connectivity index (χ1) is 12.2. The van der Waals surface area contributed by atoms with Crippen molar-refractivity contribution >= 4 is 29.5 Å². The van der Waals surface area contributed by atoms with Gasteiger partial charge in [-0.2, -0.15) is 0 Å². The van der Waals surface area contributed by atoms with E-state index >= 15 is 0 Å². The highest BCUT2D eigenvalue weighted by molar-refractivity contribution is 8.00. The topological polar surface area (TPSA) is 75.7 Å². The van der Waals surface area contributed by atoms with Crippen LogP contribution in [0.1, 0.15) is 31.1 Å². The lowest BCUT2D eigenvalue weighted by atomic mass is 9.98. The van der Waals surface area contributed by atoms with Crippen LogP contribution in [0.5, 0.6) is 0 Å². The maximum Gasteiger partial charge on any atom is 0.333 e. The molecule has 2 saturated heterocycles. The van der Waals surface area contributed by atoms with Crippen LogP contribution in [0.25, 0.3) is 0 Å². The fourth-order valence-corrected chi connectivity index (χ4v) is 4.30. The Balaban J connectivity index is 1.72. The first-order valence-electron chi connectivity index (χ1n) is 8.39. The SMILES string of the molecule is C=C1CS[C@H]2[C@H](NC(=O)c3ccccc3)C(=O)N2C1C(=O)OC(C)(C)C. The van der Waals surface area contributed by atoms with E-state index in [4.69, 9.17) is 4.74 Å². The van der Waals surface area contributed by atoms with E-state index in [-0.39, 0.29) is 17.2 Å². The van der Waals surface area contributed by atoms with Crippen molar-refractivity contribution in [1.29, 1.82) is 0 Å². The fraction of sp³-hybridized carbons (Fsp3) is 0.421. The summed E-state index contributed by atoms with van der Waals surface area (Å²) in [7, 11) is 0. The number of carbonyl (C=O) groups is 3. The van der Waals surface area contributed by atoms with Gasteiger partial charge in [0.2, 0.25) is 5.91 Å². The second-order valence-electron chi connectivity index (χ2n) is 7.36. The molecular weight excluding hydrogens is 352 g/mol. The summed E-state index contributed by atoms with van der Waals surface area (Å²) in [5.41, 5.74) is 0.487. The molecule has 2 fully saturated rings. The van der Waals surface area contributed by atoms with Gasteiger partial charge in [-0.1, -0.05) is 24.8 Å². The van der Waals surface area contributed by atoms with Crippen molar-refractivity contribution in [2.45, 2.75) is 43.8 Å². The molecule has 138 valence electrons. The number of amides is 2. The molecule has 3 rings (SSSR count). The van der Waals surface area contributed by atoms with Crippen molar-refractivity contribution in [1.82, 2.24) is 10.2 Å². The summed E-state index contributed by atoms with van der Waals surface area (Å²) in [6.07, 6.45) is 0. The summed E-state index contributed by atoms with van der Waals surface area (Å²) < 4.78 is 5.44. The van der Waals surface area contributed by atoms with Crippen LogP contribution in [0.15, 0.2) is 42.5 Å². The van der Waals surface area contributed by atoms with Gasteiger partial charge < -0.3 is 15.0 Å². The minimum absolute atomic E-state index is 0.288. The summed E-state index contributed by atoms with van der Waals surface area (Å²) in [4.78, 5) is 39.0. The van der Waals surface area contributed by atoms with Crippen molar-refractivity contribution in [3.63, 3.8) is 0 Å². The number of benzene rings is 1. The zero-order chi connectivity index (χ0) is 19.1. The molecule has 6 nitrogen and oxygen atoms in total. The Morgan fingerprint density at radius 2 is 1.92 bits per heavy atom. The van der Waals surface area contributed by atoms with Crippen molar-refractivity contribution in [3.05, 3.63) is 48.0 Å². The van der Waals surface area contributed by atoms with Gasteiger partial charge in [-0.25, -0.2) is 4.79 Å². The van der Waals surface area contributed by atoms with Gasteiger partial charge in [0.1, 0.15) is 17.0 Å². The molecule has 26 heavy (non-hydrogen) atoms. The molecule has 1 unspecified atom stereocenters. The van der Waals surface area contributed by atoms with Crippen LogP contribution < -0.4 is 5.32 Å².